The van der Waals surface area contributed by atoms with E-state index in [0.717, 1.165) is 54.6 Å². The van der Waals surface area contributed by atoms with E-state index in [0.29, 0.717) is 0 Å². The summed E-state index contributed by atoms with van der Waals surface area (Å²) in [4.78, 5) is 7.06. The fourth-order valence-electron chi connectivity index (χ4n) is 5.18. The van der Waals surface area contributed by atoms with Gasteiger partial charge in [-0.15, -0.1) is 0 Å². The number of aromatic amines is 2. The summed E-state index contributed by atoms with van der Waals surface area (Å²) in [5, 5.41) is 4.12. The van der Waals surface area contributed by atoms with Crippen molar-refractivity contribution in [1.29, 1.82) is 0 Å². The van der Waals surface area contributed by atoms with Gasteiger partial charge in [0, 0.05) is 56.2 Å². The highest BCUT2D eigenvalue weighted by molar-refractivity contribution is 9.10. The number of nitrogens with one attached hydrogen (secondary N) is 2. The Morgan fingerprint density at radius 1 is 0.564 bits per heavy atom. The van der Waals surface area contributed by atoms with E-state index in [1.54, 1.807) is 0 Å². The number of hydrogen-bond donors (Lipinski definition) is 2. The molecule has 0 aliphatic carbocycles. The van der Waals surface area contributed by atoms with E-state index in [2.05, 4.69) is 102 Å². The molecule has 2 nitrogen and oxygen atoms in total. The molecule has 0 aliphatic rings. The molecule has 6 aromatic rings. The maximum Gasteiger partial charge on any atom is 0.0866 e. The minimum atomic E-state index is 0.759. The average molecular weight is 699 g/mol. The van der Waals surface area contributed by atoms with Crippen molar-refractivity contribution in [3.05, 3.63) is 138 Å². The van der Waals surface area contributed by atoms with Crippen molar-refractivity contribution in [3.8, 4) is 0 Å². The Morgan fingerprint density at radius 2 is 0.974 bits per heavy atom. The van der Waals surface area contributed by atoms with Crippen LogP contribution in [-0.2, 0) is 24.3 Å². The standard InChI is InChI=1S/C32H24Br2Cl2N2S/c33-31-25(15-19-7-11-23(35)12-8-19)29-21(3-1-5-27(29)37-31)17-39-18-22-4-2-6-28-30(22)26(32(34)38-28)16-20-9-13-24(36)14-10-20/h1-14,37-38H,15-18H2. The summed E-state index contributed by atoms with van der Waals surface area (Å²) in [7, 11) is 0. The van der Waals surface area contributed by atoms with Crippen LogP contribution in [0.3, 0.4) is 0 Å². The quantitative estimate of drug-likeness (QED) is 0.163. The summed E-state index contributed by atoms with van der Waals surface area (Å²) < 4.78 is 2.08. The molecule has 0 aliphatic heterocycles. The molecule has 0 amide bonds. The van der Waals surface area contributed by atoms with Gasteiger partial charge in [-0.1, -0.05) is 71.7 Å². The Hall–Kier alpha value is -2.15. The van der Waals surface area contributed by atoms with E-state index in [-0.39, 0.29) is 0 Å². The van der Waals surface area contributed by atoms with Gasteiger partial charge in [0.15, 0.2) is 0 Å². The first-order valence-corrected chi connectivity index (χ1v) is 16.1. The number of rotatable bonds is 8. The van der Waals surface area contributed by atoms with Crippen LogP contribution >= 0.6 is 66.8 Å². The average Bonchev–Trinajstić information content (AvgIpc) is 3.42. The van der Waals surface area contributed by atoms with E-state index in [1.807, 2.05) is 36.0 Å². The molecule has 2 heterocycles. The highest BCUT2D eigenvalue weighted by atomic mass is 79.9. The van der Waals surface area contributed by atoms with Crippen LogP contribution in [0.4, 0.5) is 0 Å². The first-order chi connectivity index (χ1) is 19.0. The Bertz CT molecular complexity index is 1640. The fourth-order valence-corrected chi connectivity index (χ4v) is 7.56. The first-order valence-electron chi connectivity index (χ1n) is 12.6. The van der Waals surface area contributed by atoms with Crippen molar-refractivity contribution < 1.29 is 0 Å². The minimum Gasteiger partial charge on any atom is -0.349 e. The van der Waals surface area contributed by atoms with Crippen molar-refractivity contribution in [1.82, 2.24) is 9.97 Å². The SMILES string of the molecule is Clc1ccc(Cc2c(Br)[nH]c3cccc(CSCc4cccc5[nH]c(Br)c(Cc6ccc(Cl)cc6)c45)c23)cc1. The van der Waals surface area contributed by atoms with E-state index in [1.165, 1.54) is 44.2 Å². The molecule has 4 aromatic carbocycles. The van der Waals surface area contributed by atoms with Crippen LogP contribution in [0, 0.1) is 0 Å². The number of benzene rings is 4. The van der Waals surface area contributed by atoms with Crippen LogP contribution in [0.1, 0.15) is 33.4 Å². The van der Waals surface area contributed by atoms with Crippen molar-refractivity contribution in [2.45, 2.75) is 24.3 Å². The zero-order valence-corrected chi connectivity index (χ0v) is 26.3. The van der Waals surface area contributed by atoms with Gasteiger partial charge in [0.2, 0.25) is 0 Å². The van der Waals surface area contributed by atoms with Gasteiger partial charge >= 0.3 is 0 Å². The van der Waals surface area contributed by atoms with Gasteiger partial charge in [-0.3, -0.25) is 0 Å². The molecule has 0 atom stereocenters. The number of hydrogen-bond acceptors (Lipinski definition) is 1. The molecule has 0 unspecified atom stereocenters. The molecule has 0 radical (unpaired) electrons. The van der Waals surface area contributed by atoms with E-state index in [9.17, 15) is 0 Å². The predicted molar refractivity (Wildman–Crippen MR) is 176 cm³/mol. The smallest absolute Gasteiger partial charge is 0.0866 e. The second-order valence-corrected chi connectivity index (χ2v) is 13.1. The Kier molecular flexibility index (Phi) is 8.15. The lowest BCUT2D eigenvalue weighted by Gasteiger charge is -2.10. The molecule has 0 spiro atoms. The monoisotopic (exact) mass is 696 g/mol. The predicted octanol–water partition coefficient (Wildman–Crippen LogP) is 11.1. The molecule has 2 aromatic heterocycles. The summed E-state index contributed by atoms with van der Waals surface area (Å²) in [6, 6.07) is 29.3. The lowest BCUT2D eigenvalue weighted by atomic mass is 10.0. The highest BCUT2D eigenvalue weighted by Crippen LogP contribution is 2.36. The van der Waals surface area contributed by atoms with Crippen molar-refractivity contribution in [3.63, 3.8) is 0 Å². The molecule has 39 heavy (non-hydrogen) atoms. The summed E-state index contributed by atoms with van der Waals surface area (Å²) in [5.74, 6) is 1.84. The van der Waals surface area contributed by atoms with Gasteiger partial charge < -0.3 is 9.97 Å². The maximum atomic E-state index is 6.12. The topological polar surface area (TPSA) is 31.6 Å². The fraction of sp³-hybridized carbons (Fsp3) is 0.125. The molecule has 2 N–H and O–H groups in total. The Labute approximate surface area is 258 Å². The lowest BCUT2D eigenvalue weighted by molar-refractivity contribution is 1.18. The third-order valence-electron chi connectivity index (χ3n) is 7.03. The third-order valence-corrected chi connectivity index (χ3v) is 9.92. The number of aromatic nitrogens is 2. The van der Waals surface area contributed by atoms with Crippen LogP contribution in [-0.4, -0.2) is 9.97 Å². The summed E-state index contributed by atoms with van der Waals surface area (Å²) >= 11 is 21.8. The molecule has 7 heteroatoms. The maximum absolute atomic E-state index is 6.12. The number of fused-ring (bicyclic) bond motifs is 2. The Morgan fingerprint density at radius 3 is 1.38 bits per heavy atom. The van der Waals surface area contributed by atoms with Crippen LogP contribution in [0.5, 0.6) is 0 Å². The molecule has 6 rings (SSSR count). The second kappa shape index (κ2) is 11.8. The summed E-state index contributed by atoms with van der Waals surface area (Å²) in [6.45, 7) is 0. The first kappa shape index (κ1) is 27.0. The van der Waals surface area contributed by atoms with Gasteiger partial charge in [0.05, 0.1) is 9.21 Å². The zero-order chi connectivity index (χ0) is 26.9. The van der Waals surface area contributed by atoms with Gasteiger partial charge in [0.1, 0.15) is 0 Å². The third kappa shape index (κ3) is 5.84. The van der Waals surface area contributed by atoms with Crippen LogP contribution < -0.4 is 0 Å². The summed E-state index contributed by atoms with van der Waals surface area (Å²) in [6.07, 6.45) is 1.67. The van der Waals surface area contributed by atoms with Crippen LogP contribution in [0.25, 0.3) is 21.8 Å². The lowest BCUT2D eigenvalue weighted by Crippen LogP contribution is -1.92. The molecular weight excluding hydrogens is 675 g/mol. The van der Waals surface area contributed by atoms with E-state index < -0.39 is 0 Å². The van der Waals surface area contributed by atoms with Crippen LogP contribution in [0.2, 0.25) is 10.0 Å². The molecule has 0 saturated carbocycles. The minimum absolute atomic E-state index is 0.759. The summed E-state index contributed by atoms with van der Waals surface area (Å²) in [5.41, 5.74) is 10.0. The van der Waals surface area contributed by atoms with Crippen molar-refractivity contribution in [2.24, 2.45) is 0 Å². The van der Waals surface area contributed by atoms with E-state index in [4.69, 9.17) is 23.2 Å². The second-order valence-electron chi connectivity index (χ2n) is 9.61. The van der Waals surface area contributed by atoms with Gasteiger partial charge in [-0.25, -0.2) is 0 Å². The molecule has 0 saturated heterocycles. The molecule has 0 bridgehead atoms. The zero-order valence-electron chi connectivity index (χ0n) is 20.8. The van der Waals surface area contributed by atoms with Gasteiger partial charge in [-0.2, -0.15) is 11.8 Å². The Balaban J connectivity index is 1.26. The number of H-pyrrole nitrogens is 2. The molecular formula is C32H24Br2Cl2N2S. The number of halogens is 4. The van der Waals surface area contributed by atoms with Crippen molar-refractivity contribution in [2.75, 3.05) is 0 Å². The number of thioether (sulfide) groups is 1. The molecule has 196 valence electrons. The van der Waals surface area contributed by atoms with Crippen LogP contribution in [0.15, 0.2) is 94.1 Å². The van der Waals surface area contributed by atoms with Gasteiger partial charge in [-0.05, 0) is 102 Å². The normalized spacial score (nSPS) is 11.6. The largest absolute Gasteiger partial charge is 0.349 e. The van der Waals surface area contributed by atoms with Gasteiger partial charge in [0.25, 0.3) is 0 Å². The highest BCUT2D eigenvalue weighted by Gasteiger charge is 2.16. The van der Waals surface area contributed by atoms with E-state index >= 15 is 0 Å². The van der Waals surface area contributed by atoms with Crippen molar-refractivity contribution >= 4 is 88.6 Å². The molecule has 0 fully saturated rings.